The van der Waals surface area contributed by atoms with Crippen LogP contribution in [0, 0.1) is 3.57 Å². The molecular formula is C17H13F3IN5. The summed E-state index contributed by atoms with van der Waals surface area (Å²) in [5.41, 5.74) is 1.29. The predicted molar refractivity (Wildman–Crippen MR) is 100 cm³/mol. The Morgan fingerprint density at radius 1 is 1.15 bits per heavy atom. The largest absolute Gasteiger partial charge is 0.433 e. The summed E-state index contributed by atoms with van der Waals surface area (Å²) >= 11 is 2.17. The van der Waals surface area contributed by atoms with E-state index in [0.717, 1.165) is 20.5 Å². The quantitative estimate of drug-likeness (QED) is 0.417. The van der Waals surface area contributed by atoms with E-state index in [1.54, 1.807) is 10.8 Å². The average molecular weight is 471 g/mol. The molecule has 9 heteroatoms. The van der Waals surface area contributed by atoms with Crippen LogP contribution in [0.1, 0.15) is 31.3 Å². The Labute approximate surface area is 159 Å². The number of nitrogens with one attached hydrogen (secondary N) is 1. The molecule has 0 aliphatic rings. The van der Waals surface area contributed by atoms with Crippen LogP contribution in [0.3, 0.4) is 0 Å². The van der Waals surface area contributed by atoms with E-state index < -0.39 is 11.9 Å². The SMILES string of the molecule is CC(C)c1nc2ccc(C(F)(F)F)nc2n1-c1cc(I)c2[nH]ncc2c1. The molecule has 3 aromatic heterocycles. The van der Waals surface area contributed by atoms with Gasteiger partial charge in [-0.1, -0.05) is 13.8 Å². The number of benzene rings is 1. The third-order valence-corrected chi connectivity index (χ3v) is 4.93. The van der Waals surface area contributed by atoms with Crippen molar-refractivity contribution in [2.75, 3.05) is 0 Å². The lowest BCUT2D eigenvalue weighted by molar-refractivity contribution is -0.141. The predicted octanol–water partition coefficient (Wildman–Crippen LogP) is 5.04. The summed E-state index contributed by atoms with van der Waals surface area (Å²) < 4.78 is 42.0. The highest BCUT2D eigenvalue weighted by Crippen LogP contribution is 2.32. The molecule has 134 valence electrons. The van der Waals surface area contributed by atoms with Gasteiger partial charge in [0.05, 0.1) is 17.4 Å². The molecule has 0 aliphatic carbocycles. The third kappa shape index (κ3) is 2.74. The molecule has 0 radical (unpaired) electrons. The highest BCUT2D eigenvalue weighted by molar-refractivity contribution is 14.1. The highest BCUT2D eigenvalue weighted by atomic mass is 127. The Balaban J connectivity index is 2.06. The van der Waals surface area contributed by atoms with Gasteiger partial charge in [-0.15, -0.1) is 0 Å². The van der Waals surface area contributed by atoms with Crippen molar-refractivity contribution in [3.63, 3.8) is 0 Å². The summed E-state index contributed by atoms with van der Waals surface area (Å²) in [6, 6.07) is 6.09. The molecular weight excluding hydrogens is 458 g/mol. The van der Waals surface area contributed by atoms with Crippen LogP contribution < -0.4 is 0 Å². The fourth-order valence-corrected chi connectivity index (χ4v) is 3.65. The second-order valence-corrected chi connectivity index (χ2v) is 7.42. The lowest BCUT2D eigenvalue weighted by Crippen LogP contribution is -2.09. The normalized spacial score (nSPS) is 12.6. The van der Waals surface area contributed by atoms with E-state index in [9.17, 15) is 13.2 Å². The van der Waals surface area contributed by atoms with Crippen molar-refractivity contribution in [2.45, 2.75) is 25.9 Å². The van der Waals surface area contributed by atoms with Gasteiger partial charge < -0.3 is 0 Å². The van der Waals surface area contributed by atoms with Gasteiger partial charge in [0.15, 0.2) is 5.65 Å². The molecule has 0 bridgehead atoms. The monoisotopic (exact) mass is 471 g/mol. The lowest BCUT2D eigenvalue weighted by Gasteiger charge is -2.12. The summed E-state index contributed by atoms with van der Waals surface area (Å²) in [5.74, 6) is 0.668. The minimum atomic E-state index is -4.51. The number of hydrogen-bond donors (Lipinski definition) is 1. The molecule has 4 aromatic rings. The fraction of sp³-hybridized carbons (Fsp3) is 0.235. The number of H-pyrrole nitrogens is 1. The van der Waals surface area contributed by atoms with Crippen molar-refractivity contribution in [1.82, 2.24) is 24.7 Å². The molecule has 0 amide bonds. The van der Waals surface area contributed by atoms with Crippen LogP contribution in [0.2, 0.25) is 0 Å². The zero-order chi connectivity index (χ0) is 18.6. The molecule has 5 nitrogen and oxygen atoms in total. The third-order valence-electron chi connectivity index (χ3n) is 4.08. The molecule has 0 saturated heterocycles. The second-order valence-electron chi connectivity index (χ2n) is 6.26. The van der Waals surface area contributed by atoms with Gasteiger partial charge >= 0.3 is 6.18 Å². The number of aromatic amines is 1. The minimum absolute atomic E-state index is 0.0104. The van der Waals surface area contributed by atoms with Crippen LogP contribution in [0.25, 0.3) is 27.8 Å². The standard InChI is InChI=1S/C17H13F3IN5/c1-8(2)15-23-12-3-4-13(17(18,19)20)24-16(12)26(15)10-5-9-7-22-25-14(9)11(21)6-10/h3-8H,1-2H3,(H,22,25). The van der Waals surface area contributed by atoms with Gasteiger partial charge in [-0.2, -0.15) is 18.3 Å². The molecule has 1 N–H and O–H groups in total. The Hall–Kier alpha value is -2.17. The number of hydrogen-bond acceptors (Lipinski definition) is 3. The van der Waals surface area contributed by atoms with Crippen LogP contribution >= 0.6 is 22.6 Å². The van der Waals surface area contributed by atoms with E-state index in [0.29, 0.717) is 17.0 Å². The van der Waals surface area contributed by atoms with Gasteiger partial charge in [0.1, 0.15) is 17.0 Å². The van der Waals surface area contributed by atoms with Gasteiger partial charge in [-0.05, 0) is 46.9 Å². The van der Waals surface area contributed by atoms with Gasteiger partial charge in [0.25, 0.3) is 0 Å². The van der Waals surface area contributed by atoms with Crippen LogP contribution in [0.15, 0.2) is 30.5 Å². The van der Waals surface area contributed by atoms with Gasteiger partial charge in [0, 0.05) is 14.9 Å². The summed E-state index contributed by atoms with van der Waals surface area (Å²) in [6.07, 6.45) is -2.83. The summed E-state index contributed by atoms with van der Waals surface area (Å²) in [4.78, 5) is 8.39. The topological polar surface area (TPSA) is 59.4 Å². The first-order valence-electron chi connectivity index (χ1n) is 7.85. The first kappa shape index (κ1) is 17.3. The van der Waals surface area contributed by atoms with Crippen LogP contribution in [0.4, 0.5) is 13.2 Å². The zero-order valence-electron chi connectivity index (χ0n) is 13.8. The van der Waals surface area contributed by atoms with E-state index in [4.69, 9.17) is 0 Å². The molecule has 0 aliphatic heterocycles. The molecule has 0 atom stereocenters. The maximum absolute atomic E-state index is 13.1. The molecule has 4 rings (SSSR count). The molecule has 0 spiro atoms. The van der Waals surface area contributed by atoms with Gasteiger partial charge in [0.2, 0.25) is 0 Å². The summed E-state index contributed by atoms with van der Waals surface area (Å²) in [6.45, 7) is 3.90. The Morgan fingerprint density at radius 3 is 2.62 bits per heavy atom. The number of alkyl halides is 3. The molecule has 26 heavy (non-hydrogen) atoms. The van der Waals surface area contributed by atoms with Gasteiger partial charge in [-0.25, -0.2) is 9.97 Å². The summed E-state index contributed by atoms with van der Waals surface area (Å²) in [5, 5.41) is 7.82. The van der Waals surface area contributed by atoms with Crippen molar-refractivity contribution < 1.29 is 13.2 Å². The number of aromatic nitrogens is 5. The smallest absolute Gasteiger partial charge is 0.280 e. The number of fused-ring (bicyclic) bond motifs is 2. The van der Waals surface area contributed by atoms with Crippen molar-refractivity contribution in [3.8, 4) is 5.69 Å². The Morgan fingerprint density at radius 2 is 1.92 bits per heavy atom. The first-order valence-corrected chi connectivity index (χ1v) is 8.93. The van der Waals surface area contributed by atoms with E-state index in [1.165, 1.54) is 6.07 Å². The average Bonchev–Trinajstić information content (AvgIpc) is 3.17. The Kier molecular flexibility index (Phi) is 3.94. The van der Waals surface area contributed by atoms with Crippen LogP contribution in [-0.4, -0.2) is 24.7 Å². The first-order chi connectivity index (χ1) is 12.3. The zero-order valence-corrected chi connectivity index (χ0v) is 15.9. The lowest BCUT2D eigenvalue weighted by atomic mass is 10.2. The summed E-state index contributed by atoms with van der Waals surface area (Å²) in [7, 11) is 0. The van der Waals surface area contributed by atoms with Crippen molar-refractivity contribution >= 4 is 44.7 Å². The second kappa shape index (κ2) is 5.93. The Bertz CT molecular complexity index is 1130. The van der Waals surface area contributed by atoms with Crippen LogP contribution in [-0.2, 0) is 6.18 Å². The molecule has 3 heterocycles. The number of rotatable bonds is 2. The molecule has 0 fully saturated rings. The molecule has 1 aromatic carbocycles. The van der Waals surface area contributed by atoms with Crippen molar-refractivity contribution in [2.24, 2.45) is 0 Å². The maximum atomic E-state index is 13.1. The van der Waals surface area contributed by atoms with E-state index in [-0.39, 0.29) is 11.6 Å². The maximum Gasteiger partial charge on any atom is 0.433 e. The number of imidazole rings is 1. The number of halogens is 4. The highest BCUT2D eigenvalue weighted by Gasteiger charge is 2.33. The fourth-order valence-electron chi connectivity index (χ4n) is 2.90. The van der Waals surface area contributed by atoms with Crippen LogP contribution in [0.5, 0.6) is 0 Å². The molecule has 0 saturated carbocycles. The van der Waals surface area contributed by atoms with E-state index >= 15 is 0 Å². The minimum Gasteiger partial charge on any atom is -0.280 e. The molecule has 0 unspecified atom stereocenters. The van der Waals surface area contributed by atoms with Gasteiger partial charge in [-0.3, -0.25) is 9.67 Å². The van der Waals surface area contributed by atoms with Crippen molar-refractivity contribution in [3.05, 3.63) is 45.6 Å². The number of pyridine rings is 1. The van der Waals surface area contributed by atoms with Crippen molar-refractivity contribution in [1.29, 1.82) is 0 Å². The number of nitrogens with zero attached hydrogens (tertiary/aromatic N) is 4. The van der Waals surface area contributed by atoms with E-state index in [1.807, 2.05) is 26.0 Å². The van der Waals surface area contributed by atoms with E-state index in [2.05, 4.69) is 42.8 Å².